The lowest BCUT2D eigenvalue weighted by atomic mass is 9.97. The number of carbonyl (C=O) groups is 1. The topological polar surface area (TPSA) is 255 Å². The number of aromatic hydroxyl groups is 3. The van der Waals surface area contributed by atoms with E-state index in [0.29, 0.717) is 0 Å². The molecule has 0 aliphatic carbocycles. The summed E-state index contributed by atoms with van der Waals surface area (Å²) in [5.74, 6) is -2.97. The van der Waals surface area contributed by atoms with E-state index in [4.69, 9.17) is 28.1 Å². The fraction of sp³-hybridized carbons (Fsp3) is 0.484. The molecule has 2 aromatic carbocycles. The summed E-state index contributed by atoms with van der Waals surface area (Å²) >= 11 is 0. The molecule has 10 atom stereocenters. The molecular formula is C31H36O16. The molecule has 0 saturated carbocycles. The maximum absolute atomic E-state index is 13.6. The normalized spacial score (nSPS) is 31.2. The lowest BCUT2D eigenvalue weighted by molar-refractivity contribution is -0.349. The van der Waals surface area contributed by atoms with Crippen LogP contribution < -0.4 is 10.2 Å². The van der Waals surface area contributed by atoms with Gasteiger partial charge in [0.15, 0.2) is 12.1 Å². The smallest absolute Gasteiger partial charge is 0.308 e. The second-order valence-corrected chi connectivity index (χ2v) is 11.7. The predicted molar refractivity (Wildman–Crippen MR) is 157 cm³/mol. The van der Waals surface area contributed by atoms with Gasteiger partial charge < -0.3 is 69.0 Å². The number of hydrogen-bond acceptors (Lipinski definition) is 16. The van der Waals surface area contributed by atoms with Crippen LogP contribution in [0.15, 0.2) is 45.6 Å². The second kappa shape index (κ2) is 13.6. The summed E-state index contributed by atoms with van der Waals surface area (Å²) in [5.41, 5.74) is -0.901. The number of esters is 1. The molecule has 256 valence electrons. The van der Waals surface area contributed by atoms with Crippen molar-refractivity contribution in [1.29, 1.82) is 0 Å². The van der Waals surface area contributed by atoms with Crippen molar-refractivity contribution < 1.29 is 73.7 Å². The van der Waals surface area contributed by atoms with Gasteiger partial charge in [-0.2, -0.15) is 0 Å². The van der Waals surface area contributed by atoms with Crippen LogP contribution in [0.5, 0.6) is 23.0 Å². The van der Waals surface area contributed by atoms with Gasteiger partial charge in [-0.3, -0.25) is 9.59 Å². The molecule has 5 rings (SSSR count). The number of aliphatic hydroxyl groups excluding tert-OH is 5. The van der Waals surface area contributed by atoms with Gasteiger partial charge in [0.2, 0.25) is 17.5 Å². The number of aliphatic hydroxyl groups is 5. The molecule has 0 spiro atoms. The summed E-state index contributed by atoms with van der Waals surface area (Å²) < 4.78 is 33.8. The zero-order valence-electron chi connectivity index (χ0n) is 25.4. The van der Waals surface area contributed by atoms with Gasteiger partial charge in [-0.25, -0.2) is 0 Å². The molecule has 0 bridgehead atoms. The van der Waals surface area contributed by atoms with Crippen LogP contribution in [0.1, 0.15) is 20.8 Å². The highest BCUT2D eigenvalue weighted by molar-refractivity contribution is 5.88. The Hall–Kier alpha value is -4.00. The van der Waals surface area contributed by atoms with Crippen molar-refractivity contribution in [2.75, 3.05) is 6.61 Å². The number of hydrogen-bond donors (Lipinski definition) is 8. The minimum Gasteiger partial charge on any atom is -0.508 e. The van der Waals surface area contributed by atoms with E-state index in [1.165, 1.54) is 31.2 Å². The number of fused-ring (bicyclic) bond motifs is 1. The lowest BCUT2D eigenvalue weighted by Crippen LogP contribution is -2.64. The maximum Gasteiger partial charge on any atom is 0.308 e. The van der Waals surface area contributed by atoms with Gasteiger partial charge in [-0.05, 0) is 31.2 Å². The van der Waals surface area contributed by atoms with E-state index in [-0.39, 0.29) is 28.0 Å². The number of ether oxygens (including phenoxy) is 5. The van der Waals surface area contributed by atoms with E-state index >= 15 is 0 Å². The van der Waals surface area contributed by atoms with Crippen molar-refractivity contribution in [1.82, 2.24) is 0 Å². The van der Waals surface area contributed by atoms with Crippen LogP contribution in [0, 0.1) is 5.92 Å². The van der Waals surface area contributed by atoms with Gasteiger partial charge in [0.1, 0.15) is 77.6 Å². The summed E-state index contributed by atoms with van der Waals surface area (Å²) in [5, 5.41) is 83.2. The summed E-state index contributed by atoms with van der Waals surface area (Å²) in [6.07, 6.45) is -16.3. The molecule has 0 amide bonds. The molecule has 16 heteroatoms. The van der Waals surface area contributed by atoms with E-state index < -0.39 is 103 Å². The first-order chi connectivity index (χ1) is 22.2. The highest BCUT2D eigenvalue weighted by atomic mass is 16.7. The lowest BCUT2D eigenvalue weighted by Gasteiger charge is -2.45. The van der Waals surface area contributed by atoms with E-state index in [2.05, 4.69) is 0 Å². The average Bonchev–Trinajstić information content (AvgIpc) is 3.02. The van der Waals surface area contributed by atoms with Crippen molar-refractivity contribution in [3.05, 3.63) is 46.6 Å². The number of rotatable bonds is 8. The Balaban J connectivity index is 1.39. The van der Waals surface area contributed by atoms with Crippen LogP contribution in [-0.4, -0.2) is 115 Å². The standard InChI is InChI=1S/C31H36O16/c1-11(2)29(41)42-10-18-20(35)22(37)24(39)31(45-18)46-26-12(3)43-30(25(40)23(26)38)47-28-21(36)19-16(34)8-15(33)9-17(19)44-27(28)13-4-6-14(32)7-5-13/h4-9,11-12,18,20,22-26,30-35,37-40H,10H2,1-3H3. The molecule has 3 aromatic rings. The second-order valence-electron chi connectivity index (χ2n) is 11.7. The van der Waals surface area contributed by atoms with Crippen molar-refractivity contribution in [3.63, 3.8) is 0 Å². The number of benzene rings is 2. The predicted octanol–water partition coefficient (Wildman–Crippen LogP) is -0.186. The number of carbonyl (C=O) groups excluding carboxylic acids is 1. The molecule has 3 heterocycles. The highest BCUT2D eigenvalue weighted by Crippen LogP contribution is 2.38. The Bertz CT molecular complexity index is 1640. The van der Waals surface area contributed by atoms with Crippen LogP contribution in [0.25, 0.3) is 22.3 Å². The number of phenolic OH excluding ortho intramolecular Hbond substituents is 3. The summed E-state index contributed by atoms with van der Waals surface area (Å²) in [6, 6.07) is 7.41. The molecule has 2 aliphatic rings. The first-order valence-corrected chi connectivity index (χ1v) is 14.7. The van der Waals surface area contributed by atoms with Gasteiger partial charge >= 0.3 is 5.97 Å². The first kappa shape index (κ1) is 34.3. The maximum atomic E-state index is 13.6. The van der Waals surface area contributed by atoms with Crippen LogP contribution in [0.4, 0.5) is 0 Å². The third-order valence-corrected chi connectivity index (χ3v) is 7.88. The van der Waals surface area contributed by atoms with Crippen molar-refractivity contribution >= 4 is 16.9 Å². The highest BCUT2D eigenvalue weighted by Gasteiger charge is 2.50. The summed E-state index contributed by atoms with van der Waals surface area (Å²) in [6.45, 7) is 4.12. The molecule has 10 unspecified atom stereocenters. The fourth-order valence-corrected chi connectivity index (χ4v) is 5.24. The van der Waals surface area contributed by atoms with Crippen molar-refractivity contribution in [2.24, 2.45) is 5.92 Å². The SMILES string of the molecule is CC(C)C(=O)OCC1OC(OC2C(C)OC(Oc3c(-c4ccc(O)cc4)oc4cc(O)cc(O)c4c3=O)C(O)C2O)C(O)C(O)C1O. The average molecular weight is 665 g/mol. The third-order valence-electron chi connectivity index (χ3n) is 7.88. The molecule has 47 heavy (non-hydrogen) atoms. The fourth-order valence-electron chi connectivity index (χ4n) is 5.24. The zero-order chi connectivity index (χ0) is 34.3. The monoisotopic (exact) mass is 664 g/mol. The van der Waals surface area contributed by atoms with Gasteiger partial charge in [0, 0.05) is 17.7 Å². The van der Waals surface area contributed by atoms with Gasteiger partial charge in [-0.15, -0.1) is 0 Å². The minimum atomic E-state index is -1.91. The van der Waals surface area contributed by atoms with Crippen molar-refractivity contribution in [3.8, 4) is 34.3 Å². The third kappa shape index (κ3) is 6.86. The molecule has 1 aromatic heterocycles. The van der Waals surface area contributed by atoms with E-state index in [0.717, 1.165) is 12.1 Å². The quantitative estimate of drug-likeness (QED) is 0.145. The van der Waals surface area contributed by atoms with Crippen LogP contribution in [0.2, 0.25) is 0 Å². The minimum absolute atomic E-state index is 0.0966. The Morgan fingerprint density at radius 3 is 2.17 bits per heavy atom. The van der Waals surface area contributed by atoms with Crippen molar-refractivity contribution in [2.45, 2.75) is 82.2 Å². The molecule has 2 saturated heterocycles. The van der Waals surface area contributed by atoms with E-state index in [1.807, 2.05) is 0 Å². The largest absolute Gasteiger partial charge is 0.508 e. The molecule has 8 N–H and O–H groups in total. The molecule has 2 aliphatic heterocycles. The molecule has 2 fully saturated rings. The Labute approximate surface area is 266 Å². The molecule has 16 nitrogen and oxygen atoms in total. The Morgan fingerprint density at radius 2 is 1.51 bits per heavy atom. The van der Waals surface area contributed by atoms with E-state index in [1.54, 1.807) is 13.8 Å². The van der Waals surface area contributed by atoms with Gasteiger partial charge in [0.05, 0.1) is 12.0 Å². The van der Waals surface area contributed by atoms with Gasteiger partial charge in [-0.1, -0.05) is 13.8 Å². The molecular weight excluding hydrogens is 628 g/mol. The zero-order valence-corrected chi connectivity index (χ0v) is 25.4. The summed E-state index contributed by atoms with van der Waals surface area (Å²) in [7, 11) is 0. The van der Waals surface area contributed by atoms with Crippen LogP contribution in [-0.2, 0) is 23.7 Å². The number of phenols is 3. The Morgan fingerprint density at radius 1 is 0.851 bits per heavy atom. The Kier molecular flexibility index (Phi) is 9.95. The molecule has 0 radical (unpaired) electrons. The first-order valence-electron chi connectivity index (χ1n) is 14.7. The van der Waals surface area contributed by atoms with Crippen LogP contribution >= 0.6 is 0 Å². The van der Waals surface area contributed by atoms with Crippen LogP contribution in [0.3, 0.4) is 0 Å². The van der Waals surface area contributed by atoms with E-state index in [9.17, 15) is 50.4 Å². The summed E-state index contributed by atoms with van der Waals surface area (Å²) in [4.78, 5) is 25.5. The van der Waals surface area contributed by atoms with Gasteiger partial charge in [0.25, 0.3) is 0 Å².